The molecule has 1 N–H and O–H groups in total. The van der Waals surface area contributed by atoms with E-state index in [1.54, 1.807) is 42.5 Å². The third kappa shape index (κ3) is 3.90. The minimum absolute atomic E-state index is 0.0473. The Labute approximate surface area is 203 Å². The average Bonchev–Trinajstić information content (AvgIpc) is 3.10. The van der Waals surface area contributed by atoms with Gasteiger partial charge in [0.15, 0.2) is 0 Å². The lowest BCUT2D eigenvalue weighted by molar-refractivity contribution is -0.132. The van der Waals surface area contributed by atoms with Crippen LogP contribution in [0.5, 0.6) is 11.5 Å². The molecular formula is C27H24ClNO5. The number of para-hydroxylation sites is 1. The van der Waals surface area contributed by atoms with Gasteiger partial charge >= 0.3 is 0 Å². The van der Waals surface area contributed by atoms with Crippen molar-refractivity contribution in [3.63, 3.8) is 0 Å². The second-order valence-corrected chi connectivity index (χ2v) is 8.44. The van der Waals surface area contributed by atoms with Gasteiger partial charge in [0, 0.05) is 16.8 Å². The van der Waals surface area contributed by atoms with Crippen LogP contribution >= 0.6 is 11.6 Å². The highest BCUT2D eigenvalue weighted by Crippen LogP contribution is 2.45. The molecule has 1 heterocycles. The van der Waals surface area contributed by atoms with Gasteiger partial charge in [-0.15, -0.1) is 0 Å². The molecular weight excluding hydrogens is 454 g/mol. The summed E-state index contributed by atoms with van der Waals surface area (Å²) in [6, 6.07) is 16.4. The number of aliphatic hydroxyl groups is 1. The van der Waals surface area contributed by atoms with Crippen molar-refractivity contribution >= 4 is 34.7 Å². The van der Waals surface area contributed by atoms with Gasteiger partial charge in [-0.25, -0.2) is 0 Å². The predicted molar refractivity (Wildman–Crippen MR) is 132 cm³/mol. The molecule has 1 saturated heterocycles. The molecule has 1 aliphatic heterocycles. The van der Waals surface area contributed by atoms with E-state index >= 15 is 0 Å². The molecule has 0 saturated carbocycles. The van der Waals surface area contributed by atoms with E-state index in [0.717, 1.165) is 11.1 Å². The summed E-state index contributed by atoms with van der Waals surface area (Å²) in [7, 11) is 3.00. The Morgan fingerprint density at radius 2 is 1.62 bits per heavy atom. The summed E-state index contributed by atoms with van der Waals surface area (Å²) < 4.78 is 10.7. The maximum absolute atomic E-state index is 13.3. The molecule has 1 fully saturated rings. The van der Waals surface area contributed by atoms with Crippen molar-refractivity contribution in [1.29, 1.82) is 0 Å². The summed E-state index contributed by atoms with van der Waals surface area (Å²) in [6.07, 6.45) is 0. The van der Waals surface area contributed by atoms with Crippen LogP contribution in [0.1, 0.15) is 28.3 Å². The Morgan fingerprint density at radius 1 is 0.912 bits per heavy atom. The molecule has 0 bridgehead atoms. The van der Waals surface area contributed by atoms with Crippen molar-refractivity contribution in [2.24, 2.45) is 0 Å². The maximum atomic E-state index is 13.3. The Kier molecular flexibility index (Phi) is 6.35. The van der Waals surface area contributed by atoms with Gasteiger partial charge in [0.2, 0.25) is 0 Å². The first-order valence-corrected chi connectivity index (χ1v) is 11.0. The normalized spacial score (nSPS) is 17.2. The largest absolute Gasteiger partial charge is 0.507 e. The van der Waals surface area contributed by atoms with Gasteiger partial charge in [0.1, 0.15) is 17.3 Å². The number of ether oxygens (including phenoxy) is 2. The van der Waals surface area contributed by atoms with Crippen molar-refractivity contribution in [3.8, 4) is 11.5 Å². The highest BCUT2D eigenvalue weighted by atomic mass is 35.5. The zero-order valence-corrected chi connectivity index (χ0v) is 20.0. The molecule has 0 aliphatic carbocycles. The first-order valence-electron chi connectivity index (χ1n) is 10.6. The molecule has 1 unspecified atom stereocenters. The molecule has 6 nitrogen and oxygen atoms in total. The van der Waals surface area contributed by atoms with E-state index in [1.807, 2.05) is 26.0 Å². The van der Waals surface area contributed by atoms with Crippen LogP contribution in [0.4, 0.5) is 5.69 Å². The summed E-state index contributed by atoms with van der Waals surface area (Å²) in [5.74, 6) is -0.944. The zero-order valence-electron chi connectivity index (χ0n) is 19.3. The Hall–Kier alpha value is -3.77. The van der Waals surface area contributed by atoms with Crippen molar-refractivity contribution in [2.75, 3.05) is 19.1 Å². The van der Waals surface area contributed by atoms with Crippen molar-refractivity contribution in [1.82, 2.24) is 0 Å². The fourth-order valence-corrected chi connectivity index (χ4v) is 4.39. The monoisotopic (exact) mass is 477 g/mol. The number of carbonyl (C=O) groups is 2. The molecule has 0 spiro atoms. The number of carbonyl (C=O) groups excluding carboxylic acids is 2. The summed E-state index contributed by atoms with van der Waals surface area (Å²) >= 11 is 6.26. The van der Waals surface area contributed by atoms with E-state index in [9.17, 15) is 14.7 Å². The summed E-state index contributed by atoms with van der Waals surface area (Å²) in [6.45, 7) is 3.91. The molecule has 3 aromatic carbocycles. The molecule has 34 heavy (non-hydrogen) atoms. The first kappa shape index (κ1) is 23.4. The third-order valence-corrected chi connectivity index (χ3v) is 6.37. The standard InChI is InChI=1S/C27H24ClNO5/c1-15-9-11-18(13-16(15)2)29-24(19-7-5-6-8-21(19)33-3)23(26(31)27(29)32)25(30)17-10-12-22(34-4)20(28)14-17/h5-14,24,30H,1-4H3/b25-23+. The number of aliphatic hydroxyl groups excluding tert-OH is 1. The number of anilines is 1. The Balaban J connectivity index is 1.98. The number of benzene rings is 3. The zero-order chi connectivity index (χ0) is 24.6. The van der Waals surface area contributed by atoms with Gasteiger partial charge in [-0.2, -0.15) is 0 Å². The van der Waals surface area contributed by atoms with Crippen LogP contribution in [0.3, 0.4) is 0 Å². The summed E-state index contributed by atoms with van der Waals surface area (Å²) in [5.41, 5.74) is 3.40. The maximum Gasteiger partial charge on any atom is 0.300 e. The van der Waals surface area contributed by atoms with E-state index in [1.165, 1.54) is 25.2 Å². The van der Waals surface area contributed by atoms with E-state index in [2.05, 4.69) is 0 Å². The summed E-state index contributed by atoms with van der Waals surface area (Å²) in [4.78, 5) is 28.1. The van der Waals surface area contributed by atoms with Gasteiger partial charge in [-0.3, -0.25) is 14.5 Å². The molecule has 4 rings (SSSR count). The van der Waals surface area contributed by atoms with Crippen LogP contribution in [-0.4, -0.2) is 31.0 Å². The molecule has 7 heteroatoms. The number of hydrogen-bond donors (Lipinski definition) is 1. The van der Waals surface area contributed by atoms with Crippen LogP contribution in [0.2, 0.25) is 5.02 Å². The summed E-state index contributed by atoms with van der Waals surface area (Å²) in [5, 5.41) is 11.6. The van der Waals surface area contributed by atoms with E-state index in [4.69, 9.17) is 21.1 Å². The van der Waals surface area contributed by atoms with Gasteiger partial charge < -0.3 is 14.6 Å². The first-order chi connectivity index (χ1) is 16.3. The minimum atomic E-state index is -0.904. The number of hydrogen-bond acceptors (Lipinski definition) is 5. The van der Waals surface area contributed by atoms with Crippen molar-refractivity contribution in [2.45, 2.75) is 19.9 Å². The molecule has 1 aliphatic rings. The lowest BCUT2D eigenvalue weighted by atomic mass is 9.94. The lowest BCUT2D eigenvalue weighted by Gasteiger charge is -2.27. The molecule has 0 radical (unpaired) electrons. The van der Waals surface area contributed by atoms with E-state index in [0.29, 0.717) is 28.3 Å². The third-order valence-electron chi connectivity index (χ3n) is 6.07. The topological polar surface area (TPSA) is 76.1 Å². The fourth-order valence-electron chi connectivity index (χ4n) is 4.13. The number of ketones is 1. The van der Waals surface area contributed by atoms with Crippen LogP contribution in [0.15, 0.2) is 66.2 Å². The van der Waals surface area contributed by atoms with E-state index < -0.39 is 17.7 Å². The second kappa shape index (κ2) is 9.23. The number of aryl methyl sites for hydroxylation is 2. The molecule has 1 atom stereocenters. The molecule has 174 valence electrons. The number of halogens is 1. The van der Waals surface area contributed by atoms with Gasteiger partial charge in [-0.05, 0) is 61.4 Å². The van der Waals surface area contributed by atoms with Crippen molar-refractivity contribution < 1.29 is 24.2 Å². The minimum Gasteiger partial charge on any atom is -0.507 e. The lowest BCUT2D eigenvalue weighted by Crippen LogP contribution is -2.29. The number of nitrogens with zero attached hydrogens (tertiary/aromatic N) is 1. The number of amides is 1. The molecule has 3 aromatic rings. The molecule has 0 aromatic heterocycles. The quantitative estimate of drug-likeness (QED) is 0.294. The van der Waals surface area contributed by atoms with E-state index in [-0.39, 0.29) is 16.4 Å². The van der Waals surface area contributed by atoms with Crippen molar-refractivity contribution in [3.05, 3.63) is 93.5 Å². The molecule has 1 amide bonds. The Bertz CT molecular complexity index is 1330. The predicted octanol–water partition coefficient (Wildman–Crippen LogP) is 5.60. The average molecular weight is 478 g/mol. The number of methoxy groups -OCH3 is 2. The van der Waals surface area contributed by atoms with Gasteiger partial charge in [-0.1, -0.05) is 35.9 Å². The highest BCUT2D eigenvalue weighted by Gasteiger charge is 2.48. The van der Waals surface area contributed by atoms with Crippen LogP contribution < -0.4 is 14.4 Å². The van der Waals surface area contributed by atoms with Crippen LogP contribution in [0.25, 0.3) is 5.76 Å². The van der Waals surface area contributed by atoms with Crippen LogP contribution in [-0.2, 0) is 9.59 Å². The van der Waals surface area contributed by atoms with Gasteiger partial charge in [0.25, 0.3) is 11.7 Å². The van der Waals surface area contributed by atoms with Crippen LogP contribution in [0, 0.1) is 13.8 Å². The second-order valence-electron chi connectivity index (χ2n) is 8.03. The number of rotatable bonds is 5. The SMILES string of the molecule is COc1ccc(/C(O)=C2\C(=O)C(=O)N(c3ccc(C)c(C)c3)C2c2ccccc2OC)cc1Cl. The fraction of sp³-hybridized carbons (Fsp3) is 0.185. The smallest absolute Gasteiger partial charge is 0.300 e. The Morgan fingerprint density at radius 3 is 2.26 bits per heavy atom. The van der Waals surface area contributed by atoms with Gasteiger partial charge in [0.05, 0.1) is 30.9 Å². The number of Topliss-reactive ketones (excluding diaryl/α,β-unsaturated/α-hetero) is 1. The highest BCUT2D eigenvalue weighted by molar-refractivity contribution is 6.51.